The maximum atomic E-state index is 12.6. The maximum absolute atomic E-state index is 12.6. The Balaban J connectivity index is 1.99. The van der Waals surface area contributed by atoms with E-state index in [1.165, 1.54) is 19.3 Å². The van der Waals surface area contributed by atoms with Crippen molar-refractivity contribution in [1.29, 1.82) is 0 Å². The molecule has 5 nitrogen and oxygen atoms in total. The highest BCUT2D eigenvalue weighted by Crippen LogP contribution is 2.30. The lowest BCUT2D eigenvalue weighted by atomic mass is 10.1. The van der Waals surface area contributed by atoms with Crippen molar-refractivity contribution in [2.45, 2.75) is 0 Å². The molecule has 0 atom stereocenters. The fourth-order valence-electron chi connectivity index (χ4n) is 2.34. The molecule has 1 fully saturated rings. The molecule has 8 heteroatoms. The van der Waals surface area contributed by atoms with Gasteiger partial charge >= 0.3 is 0 Å². The number of amides is 2. The van der Waals surface area contributed by atoms with E-state index in [0.717, 1.165) is 9.48 Å². The molecule has 3 rings (SSSR count). The van der Waals surface area contributed by atoms with Gasteiger partial charge in [-0.3, -0.25) is 15.0 Å². The molecule has 0 unspecified atom stereocenters. The summed E-state index contributed by atoms with van der Waals surface area (Å²) in [6, 6.07) is 9.95. The Morgan fingerprint density at radius 1 is 1.12 bits per heavy atom. The first-order valence-corrected chi connectivity index (χ1v) is 8.61. The molecular weight excluding hydrogens is 431 g/mol. The van der Waals surface area contributed by atoms with Gasteiger partial charge in [0.2, 0.25) is 0 Å². The van der Waals surface area contributed by atoms with Crippen LogP contribution in [0.25, 0.3) is 6.08 Å². The molecule has 128 valence electrons. The average molecular weight is 442 g/mol. The van der Waals surface area contributed by atoms with Gasteiger partial charge in [-0.05, 0) is 42.5 Å². The molecule has 0 saturated carbocycles. The fourth-order valence-corrected chi connectivity index (χ4v) is 3.01. The zero-order valence-corrected chi connectivity index (χ0v) is 15.9. The van der Waals surface area contributed by atoms with Gasteiger partial charge in [0, 0.05) is 10.0 Å². The molecule has 1 aliphatic rings. The van der Waals surface area contributed by atoms with Crippen molar-refractivity contribution in [2.24, 2.45) is 0 Å². The van der Waals surface area contributed by atoms with E-state index in [9.17, 15) is 9.59 Å². The van der Waals surface area contributed by atoms with E-state index in [-0.39, 0.29) is 10.6 Å². The number of methoxy groups -OCH3 is 1. The Morgan fingerprint density at radius 3 is 2.56 bits per heavy atom. The monoisotopic (exact) mass is 440 g/mol. The molecule has 1 N–H and O–H groups in total. The van der Waals surface area contributed by atoms with Crippen LogP contribution in [0, 0.1) is 0 Å². The highest BCUT2D eigenvalue weighted by Gasteiger charge is 2.34. The van der Waals surface area contributed by atoms with E-state index in [2.05, 4.69) is 21.4 Å². The molecule has 1 heterocycles. The Labute approximate surface area is 162 Å². The Hall–Kier alpha value is -2.02. The number of hydrogen-bond donors (Lipinski definition) is 1. The summed E-state index contributed by atoms with van der Waals surface area (Å²) in [5.74, 6) is -0.465. The predicted molar refractivity (Wildman–Crippen MR) is 101 cm³/mol. The third-order valence-corrected chi connectivity index (χ3v) is 4.78. The van der Waals surface area contributed by atoms with Gasteiger partial charge in [0.15, 0.2) is 0 Å². The standard InChI is InChI=1S/C17H11BrCl2N2O3/c1-25-15-5-2-10(18)6-9(15)7-12-16(23)21-22(17(12)24)11-3-4-13(19)14(20)8-11/h2-8H,1H3,(H,21,23)/b12-7-. The van der Waals surface area contributed by atoms with Crippen LogP contribution in [0.5, 0.6) is 5.75 Å². The summed E-state index contributed by atoms with van der Waals surface area (Å²) in [5, 5.41) is 1.77. The highest BCUT2D eigenvalue weighted by molar-refractivity contribution is 9.10. The third kappa shape index (κ3) is 3.51. The van der Waals surface area contributed by atoms with Gasteiger partial charge in [-0.1, -0.05) is 39.1 Å². The van der Waals surface area contributed by atoms with E-state index in [1.54, 1.807) is 30.3 Å². The number of benzene rings is 2. The molecule has 0 aromatic heterocycles. The molecule has 0 spiro atoms. The van der Waals surface area contributed by atoms with Crippen LogP contribution in [0.1, 0.15) is 5.56 Å². The van der Waals surface area contributed by atoms with Gasteiger partial charge in [-0.25, -0.2) is 5.01 Å². The lowest BCUT2D eigenvalue weighted by molar-refractivity contribution is -0.117. The number of carbonyl (C=O) groups is 2. The van der Waals surface area contributed by atoms with E-state index in [1.807, 2.05) is 0 Å². The van der Waals surface area contributed by atoms with E-state index >= 15 is 0 Å². The van der Waals surface area contributed by atoms with Gasteiger partial charge < -0.3 is 4.74 Å². The summed E-state index contributed by atoms with van der Waals surface area (Å²) >= 11 is 15.2. The van der Waals surface area contributed by atoms with Gasteiger partial charge in [0.25, 0.3) is 11.8 Å². The second-order valence-corrected chi connectivity index (χ2v) is 6.85. The van der Waals surface area contributed by atoms with Crippen molar-refractivity contribution in [1.82, 2.24) is 5.43 Å². The smallest absolute Gasteiger partial charge is 0.282 e. The molecule has 1 saturated heterocycles. The van der Waals surface area contributed by atoms with Crippen molar-refractivity contribution < 1.29 is 14.3 Å². The lowest BCUT2D eigenvalue weighted by Crippen LogP contribution is -2.35. The third-order valence-electron chi connectivity index (χ3n) is 3.54. The van der Waals surface area contributed by atoms with E-state index in [4.69, 9.17) is 27.9 Å². The molecule has 2 amide bonds. The number of hydrogen-bond acceptors (Lipinski definition) is 3. The molecule has 0 radical (unpaired) electrons. The molecule has 0 aliphatic carbocycles. The molecule has 0 bridgehead atoms. The second kappa shape index (κ2) is 7.07. The average Bonchev–Trinajstić information content (AvgIpc) is 2.86. The van der Waals surface area contributed by atoms with Crippen LogP contribution in [0.4, 0.5) is 5.69 Å². The normalized spacial score (nSPS) is 15.7. The fraction of sp³-hybridized carbons (Fsp3) is 0.0588. The maximum Gasteiger partial charge on any atom is 0.282 e. The number of halogens is 3. The Morgan fingerprint density at radius 2 is 1.88 bits per heavy atom. The minimum Gasteiger partial charge on any atom is -0.496 e. The zero-order valence-electron chi connectivity index (χ0n) is 12.8. The quantitative estimate of drug-likeness (QED) is 0.572. The van der Waals surface area contributed by atoms with Gasteiger partial charge in [-0.15, -0.1) is 0 Å². The molecule has 2 aromatic rings. The number of nitrogens with zero attached hydrogens (tertiary/aromatic N) is 1. The Bertz CT molecular complexity index is 915. The molecule has 1 aliphatic heterocycles. The summed E-state index contributed by atoms with van der Waals surface area (Å²) < 4.78 is 6.07. The van der Waals surface area contributed by atoms with Crippen LogP contribution in [0.15, 0.2) is 46.4 Å². The van der Waals surface area contributed by atoms with Crippen molar-refractivity contribution in [3.8, 4) is 5.75 Å². The number of anilines is 1. The summed E-state index contributed by atoms with van der Waals surface area (Å²) in [4.78, 5) is 24.9. The van der Waals surface area contributed by atoms with Gasteiger partial charge in [-0.2, -0.15) is 0 Å². The highest BCUT2D eigenvalue weighted by atomic mass is 79.9. The predicted octanol–water partition coefficient (Wildman–Crippen LogP) is 4.23. The van der Waals surface area contributed by atoms with Crippen LogP contribution in [-0.4, -0.2) is 18.9 Å². The molecule has 25 heavy (non-hydrogen) atoms. The first-order chi connectivity index (χ1) is 11.9. The molecular formula is C17H11BrCl2N2O3. The van der Waals surface area contributed by atoms with Crippen molar-refractivity contribution in [3.05, 3.63) is 62.1 Å². The van der Waals surface area contributed by atoms with E-state index < -0.39 is 11.8 Å². The van der Waals surface area contributed by atoms with Crippen molar-refractivity contribution >= 4 is 62.7 Å². The van der Waals surface area contributed by atoms with Gasteiger partial charge in [0.05, 0.1) is 22.8 Å². The second-order valence-electron chi connectivity index (χ2n) is 5.12. The topological polar surface area (TPSA) is 58.6 Å². The van der Waals surface area contributed by atoms with Crippen LogP contribution in [-0.2, 0) is 9.59 Å². The van der Waals surface area contributed by atoms with Crippen molar-refractivity contribution in [2.75, 3.05) is 12.1 Å². The Kier molecular flexibility index (Phi) is 5.03. The first kappa shape index (κ1) is 17.8. The first-order valence-electron chi connectivity index (χ1n) is 7.06. The number of nitrogens with one attached hydrogen (secondary N) is 1. The van der Waals surface area contributed by atoms with Crippen molar-refractivity contribution in [3.63, 3.8) is 0 Å². The largest absolute Gasteiger partial charge is 0.496 e. The summed E-state index contributed by atoms with van der Waals surface area (Å²) in [5.41, 5.74) is 3.52. The van der Waals surface area contributed by atoms with Gasteiger partial charge in [0.1, 0.15) is 11.3 Å². The minimum absolute atomic E-state index is 0.0116. The molecule has 2 aromatic carbocycles. The minimum atomic E-state index is -0.516. The number of hydrazine groups is 1. The summed E-state index contributed by atoms with van der Waals surface area (Å²) in [7, 11) is 1.52. The number of rotatable bonds is 3. The zero-order chi connectivity index (χ0) is 18.1. The SMILES string of the molecule is COc1ccc(Br)cc1/C=C1/C(=O)NN(c2ccc(Cl)c(Cl)c2)C1=O. The lowest BCUT2D eigenvalue weighted by Gasteiger charge is -2.15. The van der Waals surface area contributed by atoms with Crippen LogP contribution in [0.3, 0.4) is 0 Å². The van der Waals surface area contributed by atoms with E-state index in [0.29, 0.717) is 22.0 Å². The van der Waals surface area contributed by atoms with Crippen LogP contribution < -0.4 is 15.2 Å². The van der Waals surface area contributed by atoms with Crippen LogP contribution >= 0.6 is 39.1 Å². The number of carbonyl (C=O) groups excluding carboxylic acids is 2. The van der Waals surface area contributed by atoms with Crippen LogP contribution in [0.2, 0.25) is 10.0 Å². The summed E-state index contributed by atoms with van der Waals surface area (Å²) in [6.45, 7) is 0. The summed E-state index contributed by atoms with van der Waals surface area (Å²) in [6.07, 6.45) is 1.48. The number of ether oxygens (including phenoxy) is 1.